The van der Waals surface area contributed by atoms with Crippen LogP contribution in [0, 0.1) is 6.92 Å². The molecule has 2 N–H and O–H groups in total. The Labute approximate surface area is 81.4 Å². The maximum absolute atomic E-state index is 10.5. The number of hydrogen-bond donors (Lipinski definition) is 2. The van der Waals surface area contributed by atoms with Gasteiger partial charge >= 0.3 is 5.97 Å². The van der Waals surface area contributed by atoms with E-state index in [9.17, 15) is 4.79 Å². The van der Waals surface area contributed by atoms with Crippen LogP contribution < -0.4 is 0 Å². The summed E-state index contributed by atoms with van der Waals surface area (Å²) in [6.07, 6.45) is 0.0493. The second kappa shape index (κ2) is 3.18. The summed E-state index contributed by atoms with van der Waals surface area (Å²) in [6.45, 7) is 2.01. The standard InChI is InChI=1S/C11H11NO2/c1-7-2-3-8-5-9(6-11(13)14)12-10(8)4-7/h2-5,12H,6H2,1H3,(H,13,14). The number of aryl methyl sites for hydroxylation is 1. The minimum atomic E-state index is -0.812. The Morgan fingerprint density at radius 1 is 1.43 bits per heavy atom. The van der Waals surface area contributed by atoms with Crippen molar-refractivity contribution in [3.63, 3.8) is 0 Å². The van der Waals surface area contributed by atoms with Crippen molar-refractivity contribution >= 4 is 16.9 Å². The lowest BCUT2D eigenvalue weighted by molar-refractivity contribution is -0.136. The van der Waals surface area contributed by atoms with Crippen molar-refractivity contribution in [3.8, 4) is 0 Å². The summed E-state index contributed by atoms with van der Waals surface area (Å²) in [5.74, 6) is -0.812. The molecule has 1 heterocycles. The Bertz CT molecular complexity index is 485. The quantitative estimate of drug-likeness (QED) is 0.760. The molecule has 0 aliphatic carbocycles. The topological polar surface area (TPSA) is 53.1 Å². The highest BCUT2D eigenvalue weighted by Gasteiger charge is 2.04. The normalized spacial score (nSPS) is 10.6. The highest BCUT2D eigenvalue weighted by molar-refractivity contribution is 5.82. The van der Waals surface area contributed by atoms with E-state index < -0.39 is 5.97 Å². The van der Waals surface area contributed by atoms with Gasteiger partial charge in [-0.05, 0) is 30.0 Å². The molecule has 3 heteroatoms. The minimum Gasteiger partial charge on any atom is -0.481 e. The Hall–Kier alpha value is -1.77. The molecule has 0 unspecified atom stereocenters. The fraction of sp³-hybridized carbons (Fsp3) is 0.182. The van der Waals surface area contributed by atoms with Crippen LogP contribution in [0.15, 0.2) is 24.3 Å². The van der Waals surface area contributed by atoms with E-state index in [1.54, 1.807) is 0 Å². The first-order valence-corrected chi connectivity index (χ1v) is 4.45. The van der Waals surface area contributed by atoms with Crippen LogP contribution in [0.5, 0.6) is 0 Å². The molecular weight excluding hydrogens is 178 g/mol. The predicted molar refractivity (Wildman–Crippen MR) is 54.4 cm³/mol. The molecule has 1 aromatic heterocycles. The van der Waals surface area contributed by atoms with Crippen LogP contribution in [0.4, 0.5) is 0 Å². The smallest absolute Gasteiger partial charge is 0.309 e. The van der Waals surface area contributed by atoms with Gasteiger partial charge in [0.2, 0.25) is 0 Å². The molecule has 0 atom stereocenters. The van der Waals surface area contributed by atoms with Crippen molar-refractivity contribution in [2.45, 2.75) is 13.3 Å². The summed E-state index contributed by atoms with van der Waals surface area (Å²) in [5.41, 5.74) is 2.92. The average Bonchev–Trinajstić information content (AvgIpc) is 2.44. The first kappa shape index (κ1) is 8.81. The zero-order chi connectivity index (χ0) is 10.1. The molecule has 0 spiro atoms. The number of rotatable bonds is 2. The molecule has 0 radical (unpaired) electrons. The third kappa shape index (κ3) is 1.62. The van der Waals surface area contributed by atoms with Crippen LogP contribution in [-0.2, 0) is 11.2 Å². The number of aromatic nitrogens is 1. The second-order valence-corrected chi connectivity index (χ2v) is 3.46. The van der Waals surface area contributed by atoms with E-state index in [1.165, 1.54) is 5.56 Å². The first-order chi connectivity index (χ1) is 6.65. The molecule has 0 amide bonds. The molecule has 2 rings (SSSR count). The van der Waals surface area contributed by atoms with Gasteiger partial charge in [0.25, 0.3) is 0 Å². The summed E-state index contributed by atoms with van der Waals surface area (Å²) in [5, 5.41) is 9.69. The fourth-order valence-electron chi connectivity index (χ4n) is 1.56. The maximum Gasteiger partial charge on any atom is 0.309 e. The van der Waals surface area contributed by atoms with Crippen molar-refractivity contribution < 1.29 is 9.90 Å². The van der Waals surface area contributed by atoms with Crippen molar-refractivity contribution in [1.29, 1.82) is 0 Å². The fourth-order valence-corrected chi connectivity index (χ4v) is 1.56. The van der Waals surface area contributed by atoms with Crippen molar-refractivity contribution in [1.82, 2.24) is 4.98 Å². The Balaban J connectivity index is 2.46. The number of aliphatic carboxylic acids is 1. The monoisotopic (exact) mass is 189 g/mol. The highest BCUT2D eigenvalue weighted by atomic mass is 16.4. The number of carbonyl (C=O) groups is 1. The van der Waals surface area contributed by atoms with Crippen molar-refractivity contribution in [2.75, 3.05) is 0 Å². The van der Waals surface area contributed by atoms with Crippen LogP contribution in [0.25, 0.3) is 10.9 Å². The zero-order valence-corrected chi connectivity index (χ0v) is 7.87. The van der Waals surface area contributed by atoms with Gasteiger partial charge in [0, 0.05) is 11.2 Å². The largest absolute Gasteiger partial charge is 0.481 e. The lowest BCUT2D eigenvalue weighted by Crippen LogP contribution is -1.99. The van der Waals surface area contributed by atoms with Crippen LogP contribution >= 0.6 is 0 Å². The summed E-state index contributed by atoms with van der Waals surface area (Å²) >= 11 is 0. The molecule has 0 bridgehead atoms. The van der Waals surface area contributed by atoms with Gasteiger partial charge in [-0.3, -0.25) is 4.79 Å². The van der Waals surface area contributed by atoms with E-state index in [4.69, 9.17) is 5.11 Å². The Kier molecular flexibility index (Phi) is 2.00. The van der Waals surface area contributed by atoms with E-state index >= 15 is 0 Å². The zero-order valence-electron chi connectivity index (χ0n) is 7.87. The number of carboxylic acids is 1. The molecular formula is C11H11NO2. The number of hydrogen-bond acceptors (Lipinski definition) is 1. The summed E-state index contributed by atoms with van der Waals surface area (Å²) < 4.78 is 0. The molecule has 72 valence electrons. The predicted octanol–water partition coefficient (Wildman–Crippen LogP) is 2.10. The van der Waals surface area contributed by atoms with Gasteiger partial charge in [0.05, 0.1) is 6.42 Å². The van der Waals surface area contributed by atoms with Gasteiger partial charge in [0.1, 0.15) is 0 Å². The van der Waals surface area contributed by atoms with Crippen molar-refractivity contribution in [2.24, 2.45) is 0 Å². The van der Waals surface area contributed by atoms with Crippen LogP contribution in [0.3, 0.4) is 0 Å². The van der Waals surface area contributed by atoms with Gasteiger partial charge < -0.3 is 10.1 Å². The van der Waals surface area contributed by atoms with Gasteiger partial charge in [-0.25, -0.2) is 0 Å². The van der Waals surface area contributed by atoms with E-state index in [-0.39, 0.29) is 6.42 Å². The number of nitrogens with one attached hydrogen (secondary N) is 1. The molecule has 2 aromatic rings. The highest BCUT2D eigenvalue weighted by Crippen LogP contribution is 2.16. The van der Waals surface area contributed by atoms with Crippen LogP contribution in [-0.4, -0.2) is 16.1 Å². The van der Waals surface area contributed by atoms with E-state index in [2.05, 4.69) is 4.98 Å². The SMILES string of the molecule is Cc1ccc2cc(CC(=O)O)[nH]c2c1. The molecule has 0 saturated heterocycles. The number of H-pyrrole nitrogens is 1. The molecule has 0 aliphatic heterocycles. The van der Waals surface area contributed by atoms with Gasteiger partial charge in [-0.15, -0.1) is 0 Å². The van der Waals surface area contributed by atoms with Gasteiger partial charge in [0.15, 0.2) is 0 Å². The lowest BCUT2D eigenvalue weighted by Gasteiger charge is -1.91. The van der Waals surface area contributed by atoms with Crippen molar-refractivity contribution in [3.05, 3.63) is 35.5 Å². The summed E-state index contributed by atoms with van der Waals surface area (Å²) in [7, 11) is 0. The second-order valence-electron chi connectivity index (χ2n) is 3.46. The van der Waals surface area contributed by atoms with Gasteiger partial charge in [-0.2, -0.15) is 0 Å². The lowest BCUT2D eigenvalue weighted by atomic mass is 10.2. The minimum absolute atomic E-state index is 0.0493. The number of benzene rings is 1. The van der Waals surface area contributed by atoms with E-state index in [0.29, 0.717) is 0 Å². The van der Waals surface area contributed by atoms with Gasteiger partial charge in [-0.1, -0.05) is 12.1 Å². The molecule has 0 saturated carbocycles. The van der Waals surface area contributed by atoms with Crippen LogP contribution in [0.1, 0.15) is 11.3 Å². The Morgan fingerprint density at radius 3 is 2.93 bits per heavy atom. The van der Waals surface area contributed by atoms with E-state index in [1.807, 2.05) is 31.2 Å². The third-order valence-corrected chi connectivity index (χ3v) is 2.18. The third-order valence-electron chi connectivity index (χ3n) is 2.18. The number of aromatic amines is 1. The summed E-state index contributed by atoms with van der Waals surface area (Å²) in [4.78, 5) is 13.6. The number of fused-ring (bicyclic) bond motifs is 1. The Morgan fingerprint density at radius 2 is 2.21 bits per heavy atom. The molecule has 0 aliphatic rings. The molecule has 1 aromatic carbocycles. The van der Waals surface area contributed by atoms with E-state index in [0.717, 1.165) is 16.6 Å². The molecule has 0 fully saturated rings. The maximum atomic E-state index is 10.5. The molecule has 14 heavy (non-hydrogen) atoms. The average molecular weight is 189 g/mol. The van der Waals surface area contributed by atoms with Crippen LogP contribution in [0.2, 0.25) is 0 Å². The first-order valence-electron chi connectivity index (χ1n) is 4.45. The summed E-state index contributed by atoms with van der Waals surface area (Å²) in [6, 6.07) is 7.90. The molecule has 3 nitrogen and oxygen atoms in total. The number of carboxylic acid groups (broad SMARTS) is 1.